The highest BCUT2D eigenvalue weighted by Gasteiger charge is 2.10. The molecule has 0 atom stereocenters. The maximum Gasteiger partial charge on any atom is 0.238 e. The van der Waals surface area contributed by atoms with Crippen molar-refractivity contribution in [2.45, 2.75) is 26.7 Å². The molecule has 0 fully saturated rings. The molecule has 5 nitrogen and oxygen atoms in total. The van der Waals surface area contributed by atoms with Crippen molar-refractivity contribution < 1.29 is 9.21 Å². The third-order valence-electron chi connectivity index (χ3n) is 2.72. The average molecular weight is 261 g/mol. The molecule has 2 N–H and O–H groups in total. The summed E-state index contributed by atoms with van der Waals surface area (Å²) in [6, 6.07) is 5.48. The SMILES string of the molecule is CCNCC(=O)Nc1ccc2oc(C(C)C)nc2c1. The molecule has 2 aromatic rings. The van der Waals surface area contributed by atoms with Crippen LogP contribution < -0.4 is 10.6 Å². The summed E-state index contributed by atoms with van der Waals surface area (Å²) >= 11 is 0. The van der Waals surface area contributed by atoms with Crippen LogP contribution in [0.2, 0.25) is 0 Å². The van der Waals surface area contributed by atoms with Crippen LogP contribution >= 0.6 is 0 Å². The fraction of sp³-hybridized carbons (Fsp3) is 0.429. The number of oxazole rings is 1. The molecule has 0 aliphatic heterocycles. The van der Waals surface area contributed by atoms with E-state index in [0.29, 0.717) is 12.4 Å². The van der Waals surface area contributed by atoms with Gasteiger partial charge in [-0.3, -0.25) is 4.79 Å². The smallest absolute Gasteiger partial charge is 0.238 e. The van der Waals surface area contributed by atoms with E-state index in [9.17, 15) is 4.79 Å². The lowest BCUT2D eigenvalue weighted by atomic mass is 10.2. The highest BCUT2D eigenvalue weighted by Crippen LogP contribution is 2.23. The van der Waals surface area contributed by atoms with Crippen LogP contribution in [-0.4, -0.2) is 24.0 Å². The number of amides is 1. The molecule has 1 aromatic carbocycles. The number of fused-ring (bicyclic) bond motifs is 1. The van der Waals surface area contributed by atoms with Gasteiger partial charge in [0, 0.05) is 11.6 Å². The van der Waals surface area contributed by atoms with Crippen molar-refractivity contribution >= 4 is 22.7 Å². The second-order valence-electron chi connectivity index (χ2n) is 4.72. The average Bonchev–Trinajstić information content (AvgIpc) is 2.79. The second kappa shape index (κ2) is 5.84. The van der Waals surface area contributed by atoms with Gasteiger partial charge in [-0.15, -0.1) is 0 Å². The topological polar surface area (TPSA) is 67.2 Å². The number of carbonyl (C=O) groups excluding carboxylic acids is 1. The van der Waals surface area contributed by atoms with Crippen molar-refractivity contribution in [3.8, 4) is 0 Å². The van der Waals surface area contributed by atoms with Gasteiger partial charge in [0.1, 0.15) is 5.52 Å². The number of rotatable bonds is 5. The monoisotopic (exact) mass is 261 g/mol. The van der Waals surface area contributed by atoms with Crippen LogP contribution in [0.5, 0.6) is 0 Å². The van der Waals surface area contributed by atoms with Gasteiger partial charge in [-0.05, 0) is 24.7 Å². The Hall–Kier alpha value is -1.88. The number of benzene rings is 1. The molecule has 1 aromatic heterocycles. The van der Waals surface area contributed by atoms with Gasteiger partial charge >= 0.3 is 0 Å². The first kappa shape index (κ1) is 13.5. The largest absolute Gasteiger partial charge is 0.440 e. The highest BCUT2D eigenvalue weighted by molar-refractivity contribution is 5.94. The summed E-state index contributed by atoms with van der Waals surface area (Å²) in [7, 11) is 0. The summed E-state index contributed by atoms with van der Waals surface area (Å²) < 4.78 is 5.62. The van der Waals surface area contributed by atoms with Gasteiger partial charge in [0.15, 0.2) is 11.5 Å². The van der Waals surface area contributed by atoms with Gasteiger partial charge in [-0.25, -0.2) is 4.98 Å². The lowest BCUT2D eigenvalue weighted by Crippen LogP contribution is -2.27. The Bertz CT molecular complexity index is 575. The van der Waals surface area contributed by atoms with Crippen LogP contribution in [0.1, 0.15) is 32.6 Å². The third kappa shape index (κ3) is 3.32. The van der Waals surface area contributed by atoms with E-state index in [2.05, 4.69) is 15.6 Å². The van der Waals surface area contributed by atoms with Crippen LogP contribution in [0.3, 0.4) is 0 Å². The van der Waals surface area contributed by atoms with E-state index in [4.69, 9.17) is 4.42 Å². The second-order valence-corrected chi connectivity index (χ2v) is 4.72. The Labute approximate surface area is 112 Å². The predicted molar refractivity (Wildman–Crippen MR) is 75.3 cm³/mol. The summed E-state index contributed by atoms with van der Waals surface area (Å²) in [6.07, 6.45) is 0. The molecule has 0 saturated carbocycles. The zero-order valence-corrected chi connectivity index (χ0v) is 11.5. The highest BCUT2D eigenvalue weighted by atomic mass is 16.3. The van der Waals surface area contributed by atoms with Crippen LogP contribution in [0, 0.1) is 0 Å². The normalized spacial score (nSPS) is 11.2. The number of carbonyl (C=O) groups is 1. The maximum absolute atomic E-state index is 11.6. The van der Waals surface area contributed by atoms with Crippen LogP contribution in [0.25, 0.3) is 11.1 Å². The summed E-state index contributed by atoms with van der Waals surface area (Å²) in [6.45, 7) is 7.11. The Balaban J connectivity index is 2.14. The van der Waals surface area contributed by atoms with Crippen molar-refractivity contribution in [2.24, 2.45) is 0 Å². The Morgan fingerprint density at radius 3 is 2.89 bits per heavy atom. The molecule has 0 unspecified atom stereocenters. The molecular weight excluding hydrogens is 242 g/mol. The lowest BCUT2D eigenvalue weighted by Gasteiger charge is -2.04. The van der Waals surface area contributed by atoms with E-state index in [1.807, 2.05) is 39.0 Å². The summed E-state index contributed by atoms with van der Waals surface area (Å²) in [5, 5.41) is 5.80. The molecule has 2 rings (SSSR count). The van der Waals surface area contributed by atoms with E-state index < -0.39 is 0 Å². The van der Waals surface area contributed by atoms with E-state index >= 15 is 0 Å². The zero-order chi connectivity index (χ0) is 13.8. The standard InChI is InChI=1S/C14H19N3O2/c1-4-15-8-13(18)16-10-5-6-12-11(7-10)17-14(19-12)9(2)3/h5-7,9,15H,4,8H2,1-3H3,(H,16,18). The fourth-order valence-corrected chi connectivity index (χ4v) is 1.71. The molecule has 1 heterocycles. The van der Waals surface area contributed by atoms with Crippen LogP contribution in [-0.2, 0) is 4.79 Å². The minimum atomic E-state index is -0.0613. The molecule has 1 amide bonds. The van der Waals surface area contributed by atoms with E-state index in [1.165, 1.54) is 0 Å². The number of hydrogen-bond donors (Lipinski definition) is 2. The first-order valence-corrected chi connectivity index (χ1v) is 6.51. The van der Waals surface area contributed by atoms with Gasteiger partial charge in [0.05, 0.1) is 6.54 Å². The molecular formula is C14H19N3O2. The van der Waals surface area contributed by atoms with Gasteiger partial charge in [-0.2, -0.15) is 0 Å². The van der Waals surface area contributed by atoms with E-state index in [0.717, 1.165) is 23.3 Å². The van der Waals surface area contributed by atoms with Crippen molar-refractivity contribution in [3.63, 3.8) is 0 Å². The Kier molecular flexibility index (Phi) is 4.16. The molecule has 0 aliphatic rings. The van der Waals surface area contributed by atoms with Crippen LogP contribution in [0.15, 0.2) is 22.6 Å². The number of hydrogen-bond acceptors (Lipinski definition) is 4. The third-order valence-corrected chi connectivity index (χ3v) is 2.72. The molecule has 0 radical (unpaired) electrons. The van der Waals surface area contributed by atoms with E-state index in [-0.39, 0.29) is 11.8 Å². The first-order valence-electron chi connectivity index (χ1n) is 6.51. The molecule has 0 bridgehead atoms. The van der Waals surface area contributed by atoms with Crippen molar-refractivity contribution in [2.75, 3.05) is 18.4 Å². The number of nitrogens with zero attached hydrogens (tertiary/aromatic N) is 1. The molecule has 0 aliphatic carbocycles. The van der Waals surface area contributed by atoms with Gasteiger partial charge in [0.2, 0.25) is 5.91 Å². The zero-order valence-electron chi connectivity index (χ0n) is 11.5. The molecule has 0 spiro atoms. The Morgan fingerprint density at radius 1 is 1.42 bits per heavy atom. The maximum atomic E-state index is 11.6. The fourth-order valence-electron chi connectivity index (χ4n) is 1.71. The number of aromatic nitrogens is 1. The van der Waals surface area contributed by atoms with Crippen molar-refractivity contribution in [1.29, 1.82) is 0 Å². The van der Waals surface area contributed by atoms with Gasteiger partial charge in [-0.1, -0.05) is 20.8 Å². The number of likely N-dealkylation sites (N-methyl/N-ethyl adjacent to an activating group) is 1. The van der Waals surface area contributed by atoms with E-state index in [1.54, 1.807) is 0 Å². The molecule has 5 heteroatoms. The minimum absolute atomic E-state index is 0.0613. The minimum Gasteiger partial charge on any atom is -0.440 e. The lowest BCUT2D eigenvalue weighted by molar-refractivity contribution is -0.115. The molecule has 0 saturated heterocycles. The molecule has 19 heavy (non-hydrogen) atoms. The van der Waals surface area contributed by atoms with Gasteiger partial charge < -0.3 is 15.1 Å². The van der Waals surface area contributed by atoms with Crippen LogP contribution in [0.4, 0.5) is 5.69 Å². The first-order chi connectivity index (χ1) is 9.10. The summed E-state index contributed by atoms with van der Waals surface area (Å²) in [5.74, 6) is 0.902. The summed E-state index contributed by atoms with van der Waals surface area (Å²) in [4.78, 5) is 16.0. The number of nitrogens with one attached hydrogen (secondary N) is 2. The summed E-state index contributed by atoms with van der Waals surface area (Å²) in [5.41, 5.74) is 2.25. The Morgan fingerprint density at radius 2 is 2.21 bits per heavy atom. The predicted octanol–water partition coefficient (Wildman–Crippen LogP) is 2.50. The van der Waals surface area contributed by atoms with Crippen molar-refractivity contribution in [3.05, 3.63) is 24.1 Å². The number of anilines is 1. The quantitative estimate of drug-likeness (QED) is 0.867. The van der Waals surface area contributed by atoms with Crippen molar-refractivity contribution in [1.82, 2.24) is 10.3 Å². The molecule has 102 valence electrons. The van der Waals surface area contributed by atoms with Gasteiger partial charge in [0.25, 0.3) is 0 Å².